The van der Waals surface area contributed by atoms with Crippen LogP contribution in [0.2, 0.25) is 0 Å². The smallest absolute Gasteiger partial charge is 0.209 e. The molecule has 1 heterocycles. The molecule has 0 aromatic carbocycles. The first-order chi connectivity index (χ1) is 8.30. The quantitative estimate of drug-likeness (QED) is 0.654. The summed E-state index contributed by atoms with van der Waals surface area (Å²) in [5.41, 5.74) is 2.46. The van der Waals surface area contributed by atoms with E-state index in [1.807, 2.05) is 25.3 Å². The largest absolute Gasteiger partial charge is 0.481 e. The second kappa shape index (κ2) is 7.44. The minimum atomic E-state index is 0.680. The Bertz CT molecular complexity index is 409. The van der Waals surface area contributed by atoms with Crippen molar-refractivity contribution in [1.82, 2.24) is 0 Å². The van der Waals surface area contributed by atoms with E-state index in [4.69, 9.17) is 4.74 Å². The molecule has 0 fully saturated rings. The molecule has 1 rings (SSSR count). The zero-order chi connectivity index (χ0) is 12.5. The van der Waals surface area contributed by atoms with Gasteiger partial charge in [-0.2, -0.15) is 0 Å². The molecule has 0 aromatic heterocycles. The Balaban J connectivity index is 2.67. The minimum Gasteiger partial charge on any atom is -0.481 e. The lowest BCUT2D eigenvalue weighted by Crippen LogP contribution is -1.88. The molecule has 0 aromatic rings. The number of nitrogens with zero attached hydrogens (tertiary/aromatic N) is 1. The van der Waals surface area contributed by atoms with Gasteiger partial charge in [-0.3, -0.25) is 0 Å². The molecule has 0 bridgehead atoms. The third-order valence-electron chi connectivity index (χ3n) is 2.46. The lowest BCUT2D eigenvalue weighted by atomic mass is 10.0. The maximum Gasteiger partial charge on any atom is 0.209 e. The van der Waals surface area contributed by atoms with E-state index < -0.39 is 0 Å². The van der Waals surface area contributed by atoms with Gasteiger partial charge < -0.3 is 4.74 Å². The first-order valence-electron chi connectivity index (χ1n) is 5.71. The van der Waals surface area contributed by atoms with Gasteiger partial charge in [-0.05, 0) is 37.0 Å². The average Bonchev–Trinajstić information content (AvgIpc) is 2.59. The van der Waals surface area contributed by atoms with Crippen molar-refractivity contribution in [2.24, 2.45) is 4.99 Å². The molecule has 0 aliphatic carbocycles. The zero-order valence-corrected chi connectivity index (χ0v) is 10.5. The lowest BCUT2D eigenvalue weighted by Gasteiger charge is -2.01. The number of rotatable bonds is 5. The van der Waals surface area contributed by atoms with Gasteiger partial charge in [0.25, 0.3) is 0 Å². The van der Waals surface area contributed by atoms with Crippen LogP contribution < -0.4 is 0 Å². The van der Waals surface area contributed by atoms with Crippen molar-refractivity contribution in [2.45, 2.75) is 19.8 Å². The molecule has 2 heteroatoms. The van der Waals surface area contributed by atoms with Gasteiger partial charge in [0.05, 0.1) is 7.11 Å². The highest BCUT2D eigenvalue weighted by atomic mass is 16.5. The summed E-state index contributed by atoms with van der Waals surface area (Å²) in [5, 5.41) is 0. The van der Waals surface area contributed by atoms with Crippen LogP contribution in [0.1, 0.15) is 19.8 Å². The number of ether oxygens (including phenoxy) is 1. The number of aliphatic imine (C=N–C) groups is 1. The fourth-order valence-electron chi connectivity index (χ4n) is 1.50. The lowest BCUT2D eigenvalue weighted by molar-refractivity contribution is 0.288. The highest BCUT2D eigenvalue weighted by Crippen LogP contribution is 2.15. The first kappa shape index (κ1) is 13.2. The van der Waals surface area contributed by atoms with Crippen LogP contribution in [0.5, 0.6) is 0 Å². The molecule has 0 N–H and O–H groups in total. The van der Waals surface area contributed by atoms with Crippen molar-refractivity contribution in [3.8, 4) is 0 Å². The van der Waals surface area contributed by atoms with Crippen LogP contribution in [0.3, 0.4) is 0 Å². The molecule has 0 spiro atoms. The minimum absolute atomic E-state index is 0.680. The molecular weight excluding hydrogens is 210 g/mol. The van der Waals surface area contributed by atoms with Gasteiger partial charge in [0.15, 0.2) is 0 Å². The number of hydrogen-bond donors (Lipinski definition) is 0. The normalized spacial score (nSPS) is 16.5. The van der Waals surface area contributed by atoms with Crippen LogP contribution in [0.25, 0.3) is 0 Å². The molecule has 2 nitrogen and oxygen atoms in total. The van der Waals surface area contributed by atoms with Gasteiger partial charge in [-0.15, -0.1) is 0 Å². The van der Waals surface area contributed by atoms with Crippen molar-refractivity contribution in [2.75, 3.05) is 7.11 Å². The summed E-state index contributed by atoms with van der Waals surface area (Å²) in [6.45, 7) is 5.71. The van der Waals surface area contributed by atoms with E-state index in [-0.39, 0.29) is 0 Å². The highest BCUT2D eigenvalue weighted by Gasteiger charge is 2.01. The van der Waals surface area contributed by atoms with E-state index in [0.717, 1.165) is 12.8 Å². The van der Waals surface area contributed by atoms with E-state index in [1.54, 1.807) is 13.2 Å². The summed E-state index contributed by atoms with van der Waals surface area (Å²) in [5.74, 6) is 0.680. The van der Waals surface area contributed by atoms with Crippen LogP contribution in [-0.2, 0) is 4.74 Å². The monoisotopic (exact) mass is 229 g/mol. The van der Waals surface area contributed by atoms with Crippen LogP contribution in [-0.4, -0.2) is 13.3 Å². The Kier molecular flexibility index (Phi) is 5.80. The summed E-state index contributed by atoms with van der Waals surface area (Å²) < 4.78 is 5.10. The number of methoxy groups -OCH3 is 1. The third-order valence-corrected chi connectivity index (χ3v) is 2.46. The summed E-state index contributed by atoms with van der Waals surface area (Å²) >= 11 is 0. The van der Waals surface area contributed by atoms with E-state index in [0.29, 0.717) is 5.88 Å². The molecule has 0 saturated heterocycles. The van der Waals surface area contributed by atoms with E-state index in [2.05, 4.69) is 29.8 Å². The zero-order valence-electron chi connectivity index (χ0n) is 10.5. The Labute approximate surface area is 103 Å². The van der Waals surface area contributed by atoms with Crippen LogP contribution in [0.4, 0.5) is 0 Å². The summed E-state index contributed by atoms with van der Waals surface area (Å²) in [4.78, 5) is 4.26. The molecule has 0 saturated carbocycles. The van der Waals surface area contributed by atoms with Crippen molar-refractivity contribution < 1.29 is 4.74 Å². The third kappa shape index (κ3) is 4.68. The van der Waals surface area contributed by atoms with Gasteiger partial charge >= 0.3 is 0 Å². The molecule has 17 heavy (non-hydrogen) atoms. The first-order valence-corrected chi connectivity index (χ1v) is 5.71. The maximum absolute atomic E-state index is 5.10. The summed E-state index contributed by atoms with van der Waals surface area (Å²) in [6, 6.07) is 0. The van der Waals surface area contributed by atoms with Gasteiger partial charge in [0.1, 0.15) is 0 Å². The standard InChI is InChI=1S/C15H19NO/c1-4-6-8-13(5-2)11-14-9-7-10-15(17-3)16-12-14/h4-6,8-10,12H,1,7,11H2,2-3H3/b8-6-,13-5+. The average molecular weight is 229 g/mol. The fraction of sp³-hybridized carbons (Fsp3) is 0.267. The molecule has 90 valence electrons. The SMILES string of the molecule is C=C/C=C\C(=C/C)CC1=CCC=C(OC)N=C1. The Morgan fingerprint density at radius 2 is 2.35 bits per heavy atom. The number of allylic oxidation sites excluding steroid dienone is 8. The molecular formula is C15H19NO. The molecule has 0 atom stereocenters. The van der Waals surface area contributed by atoms with Gasteiger partial charge in [-0.25, -0.2) is 4.99 Å². The van der Waals surface area contributed by atoms with Crippen LogP contribution in [0.15, 0.2) is 65.1 Å². The van der Waals surface area contributed by atoms with Crippen molar-refractivity contribution in [3.63, 3.8) is 0 Å². The van der Waals surface area contributed by atoms with Gasteiger partial charge in [-0.1, -0.05) is 37.0 Å². The van der Waals surface area contributed by atoms with E-state index >= 15 is 0 Å². The van der Waals surface area contributed by atoms with Crippen molar-refractivity contribution in [1.29, 1.82) is 0 Å². The molecule has 1 aliphatic rings. The maximum atomic E-state index is 5.10. The highest BCUT2D eigenvalue weighted by molar-refractivity contribution is 5.80. The van der Waals surface area contributed by atoms with Gasteiger partial charge in [0, 0.05) is 6.21 Å². The van der Waals surface area contributed by atoms with Crippen LogP contribution in [0, 0.1) is 0 Å². The number of hydrogen-bond acceptors (Lipinski definition) is 2. The molecule has 0 radical (unpaired) electrons. The van der Waals surface area contributed by atoms with Crippen molar-refractivity contribution in [3.05, 3.63) is 60.1 Å². The Hall–Kier alpha value is -1.83. The Morgan fingerprint density at radius 3 is 3.00 bits per heavy atom. The fourth-order valence-corrected chi connectivity index (χ4v) is 1.50. The second-order valence-corrected chi connectivity index (χ2v) is 3.65. The van der Waals surface area contributed by atoms with E-state index in [1.165, 1.54) is 11.1 Å². The van der Waals surface area contributed by atoms with Crippen LogP contribution >= 0.6 is 0 Å². The van der Waals surface area contributed by atoms with E-state index in [9.17, 15) is 0 Å². The predicted octanol–water partition coefficient (Wildman–Crippen LogP) is 3.95. The molecule has 0 amide bonds. The Morgan fingerprint density at radius 1 is 1.53 bits per heavy atom. The summed E-state index contributed by atoms with van der Waals surface area (Å²) in [7, 11) is 1.64. The topological polar surface area (TPSA) is 21.6 Å². The second-order valence-electron chi connectivity index (χ2n) is 3.65. The van der Waals surface area contributed by atoms with Gasteiger partial charge in [0.2, 0.25) is 5.88 Å². The molecule has 1 aliphatic heterocycles. The predicted molar refractivity (Wildman–Crippen MR) is 74.0 cm³/mol. The van der Waals surface area contributed by atoms with Crippen molar-refractivity contribution >= 4 is 6.21 Å². The molecule has 0 unspecified atom stereocenters. The summed E-state index contributed by atoms with van der Waals surface area (Å²) in [6.07, 6.45) is 15.6.